The first-order chi connectivity index (χ1) is 7.20. The molecule has 0 amide bonds. The molecule has 0 spiro atoms. The van der Waals surface area contributed by atoms with E-state index in [9.17, 15) is 0 Å². The second kappa shape index (κ2) is 10.5. The Balaban J connectivity index is 0.000000423. The van der Waals surface area contributed by atoms with Crippen molar-refractivity contribution in [1.29, 1.82) is 0 Å². The molecular weight excluding hydrogens is 182 g/mol. The van der Waals surface area contributed by atoms with Gasteiger partial charge in [-0.2, -0.15) is 0 Å². The van der Waals surface area contributed by atoms with Crippen molar-refractivity contribution in [2.24, 2.45) is 11.8 Å². The highest BCUT2D eigenvalue weighted by Crippen LogP contribution is 2.28. The number of hydrogen-bond acceptors (Lipinski definition) is 1. The molecule has 0 heterocycles. The molecule has 0 saturated heterocycles. The molecule has 0 bridgehead atoms. The van der Waals surface area contributed by atoms with Crippen LogP contribution in [0.2, 0.25) is 0 Å². The minimum absolute atomic E-state index is 0.914. The van der Waals surface area contributed by atoms with E-state index in [2.05, 4.69) is 26.1 Å². The lowest BCUT2D eigenvalue weighted by molar-refractivity contribution is 0.317. The Morgan fingerprint density at radius 3 is 2.07 bits per heavy atom. The van der Waals surface area contributed by atoms with Gasteiger partial charge >= 0.3 is 0 Å². The molecule has 0 unspecified atom stereocenters. The van der Waals surface area contributed by atoms with E-state index in [1.165, 1.54) is 44.9 Å². The van der Waals surface area contributed by atoms with Crippen molar-refractivity contribution in [3.05, 3.63) is 0 Å². The van der Waals surface area contributed by atoms with Crippen molar-refractivity contribution >= 4 is 0 Å². The van der Waals surface area contributed by atoms with E-state index in [4.69, 9.17) is 0 Å². The van der Waals surface area contributed by atoms with E-state index in [1.807, 2.05) is 7.05 Å². The topological polar surface area (TPSA) is 12.0 Å². The molecule has 1 rings (SSSR count). The molecule has 1 fully saturated rings. The molecule has 1 aliphatic rings. The van der Waals surface area contributed by atoms with E-state index >= 15 is 0 Å². The maximum Gasteiger partial charge on any atom is -0.00804 e. The maximum absolute atomic E-state index is 2.93. The first kappa shape index (κ1) is 15.0. The van der Waals surface area contributed by atoms with E-state index in [-0.39, 0.29) is 0 Å². The Kier molecular flexibility index (Phi) is 10.4. The van der Waals surface area contributed by atoms with Crippen molar-refractivity contribution in [3.8, 4) is 0 Å². The predicted molar refractivity (Wildman–Crippen MR) is 70.2 cm³/mol. The monoisotopic (exact) mass is 213 g/mol. The maximum atomic E-state index is 2.93. The average molecular weight is 213 g/mol. The van der Waals surface area contributed by atoms with Gasteiger partial charge in [0.15, 0.2) is 0 Å². The molecule has 1 heteroatoms. The average Bonchev–Trinajstić information content (AvgIpc) is 2.28. The van der Waals surface area contributed by atoms with E-state index in [0.717, 1.165) is 18.4 Å². The van der Waals surface area contributed by atoms with Crippen LogP contribution in [0.4, 0.5) is 0 Å². The molecule has 1 N–H and O–H groups in total. The van der Waals surface area contributed by atoms with Crippen LogP contribution in [0.15, 0.2) is 0 Å². The fraction of sp³-hybridized carbons (Fsp3) is 1.00. The second-order valence-electron chi connectivity index (χ2n) is 5.18. The molecule has 0 atom stereocenters. The van der Waals surface area contributed by atoms with Crippen molar-refractivity contribution in [2.75, 3.05) is 13.6 Å². The second-order valence-corrected chi connectivity index (χ2v) is 5.18. The van der Waals surface area contributed by atoms with E-state index in [1.54, 1.807) is 0 Å². The quantitative estimate of drug-likeness (QED) is 0.737. The fourth-order valence-electron chi connectivity index (χ4n) is 2.04. The van der Waals surface area contributed by atoms with Gasteiger partial charge in [-0.25, -0.2) is 0 Å². The van der Waals surface area contributed by atoms with E-state index in [0.29, 0.717) is 0 Å². The molecule has 0 aliphatic heterocycles. The number of rotatable bonds is 4. The van der Waals surface area contributed by atoms with Crippen LogP contribution in [0.25, 0.3) is 0 Å². The molecule has 1 aliphatic carbocycles. The van der Waals surface area contributed by atoms with Crippen molar-refractivity contribution < 1.29 is 0 Å². The van der Waals surface area contributed by atoms with Gasteiger partial charge in [-0.1, -0.05) is 65.7 Å². The summed E-state index contributed by atoms with van der Waals surface area (Å²) in [4.78, 5) is 0. The van der Waals surface area contributed by atoms with Crippen molar-refractivity contribution in [1.82, 2.24) is 5.32 Å². The lowest BCUT2D eigenvalue weighted by Gasteiger charge is -2.21. The zero-order chi connectivity index (χ0) is 11.5. The molecular formula is C14H31N. The summed E-state index contributed by atoms with van der Waals surface area (Å²) in [5, 5.41) is 2.93. The van der Waals surface area contributed by atoms with Crippen LogP contribution in [0.1, 0.15) is 65.7 Å². The third kappa shape index (κ3) is 10.2. The standard InChI is InChI=1S/C11H22.C3H9N/c1-10(2)8-9-11-6-4-3-5-7-11;1-3-4-2/h10-11H,3-9H2,1-2H3;4H,3H2,1-2H3. The SMILES string of the molecule is CC(C)CCC1CCCCC1.CCNC. The summed E-state index contributed by atoms with van der Waals surface area (Å²) < 4.78 is 0. The Labute approximate surface area is 97.0 Å². The van der Waals surface area contributed by atoms with Crippen LogP contribution in [-0.2, 0) is 0 Å². The molecule has 1 saturated carbocycles. The summed E-state index contributed by atoms with van der Waals surface area (Å²) in [6, 6.07) is 0. The molecule has 0 aromatic rings. The van der Waals surface area contributed by atoms with Gasteiger partial charge in [-0.15, -0.1) is 0 Å². The Bertz CT molecular complexity index is 113. The van der Waals surface area contributed by atoms with Gasteiger partial charge in [-0.3, -0.25) is 0 Å². The van der Waals surface area contributed by atoms with Crippen LogP contribution >= 0.6 is 0 Å². The Hall–Kier alpha value is -0.0400. The zero-order valence-corrected chi connectivity index (χ0v) is 11.3. The minimum Gasteiger partial charge on any atom is -0.320 e. The lowest BCUT2D eigenvalue weighted by atomic mass is 9.85. The zero-order valence-electron chi connectivity index (χ0n) is 11.3. The number of hydrogen-bond donors (Lipinski definition) is 1. The minimum atomic E-state index is 0.914. The van der Waals surface area contributed by atoms with Crippen LogP contribution in [0.5, 0.6) is 0 Å². The fourth-order valence-corrected chi connectivity index (χ4v) is 2.04. The Morgan fingerprint density at radius 2 is 1.67 bits per heavy atom. The highest BCUT2D eigenvalue weighted by atomic mass is 14.8. The van der Waals surface area contributed by atoms with Crippen molar-refractivity contribution in [3.63, 3.8) is 0 Å². The normalized spacial score (nSPS) is 17.4. The summed E-state index contributed by atoms with van der Waals surface area (Å²) in [5.74, 6) is 2.00. The first-order valence-electron chi connectivity index (χ1n) is 6.85. The van der Waals surface area contributed by atoms with Crippen molar-refractivity contribution in [2.45, 2.75) is 65.7 Å². The highest BCUT2D eigenvalue weighted by molar-refractivity contribution is 4.66. The molecule has 0 radical (unpaired) electrons. The predicted octanol–water partition coefficient (Wildman–Crippen LogP) is 4.23. The van der Waals surface area contributed by atoms with Gasteiger partial charge in [0.2, 0.25) is 0 Å². The summed E-state index contributed by atoms with van der Waals surface area (Å²) in [6.45, 7) is 7.81. The highest BCUT2D eigenvalue weighted by Gasteiger charge is 2.12. The van der Waals surface area contributed by atoms with Gasteiger partial charge in [0, 0.05) is 0 Å². The molecule has 15 heavy (non-hydrogen) atoms. The first-order valence-corrected chi connectivity index (χ1v) is 6.85. The third-order valence-corrected chi connectivity index (χ3v) is 3.23. The van der Waals surface area contributed by atoms with Gasteiger partial charge in [0.1, 0.15) is 0 Å². The van der Waals surface area contributed by atoms with Gasteiger partial charge < -0.3 is 5.32 Å². The Morgan fingerprint density at radius 1 is 1.13 bits per heavy atom. The van der Waals surface area contributed by atoms with Crippen LogP contribution < -0.4 is 5.32 Å². The molecule has 0 aromatic carbocycles. The molecule has 92 valence electrons. The smallest absolute Gasteiger partial charge is 0.00804 e. The van der Waals surface area contributed by atoms with Crippen LogP contribution in [-0.4, -0.2) is 13.6 Å². The largest absolute Gasteiger partial charge is 0.320 e. The third-order valence-electron chi connectivity index (χ3n) is 3.23. The number of nitrogens with one attached hydrogen (secondary N) is 1. The van der Waals surface area contributed by atoms with Crippen LogP contribution in [0.3, 0.4) is 0 Å². The molecule has 1 nitrogen and oxygen atoms in total. The van der Waals surface area contributed by atoms with Gasteiger partial charge in [0.05, 0.1) is 0 Å². The van der Waals surface area contributed by atoms with Crippen LogP contribution in [0, 0.1) is 11.8 Å². The summed E-state index contributed by atoms with van der Waals surface area (Å²) in [5.41, 5.74) is 0. The van der Waals surface area contributed by atoms with E-state index < -0.39 is 0 Å². The lowest BCUT2D eigenvalue weighted by Crippen LogP contribution is -2.06. The summed E-state index contributed by atoms with van der Waals surface area (Å²) in [6.07, 6.45) is 10.5. The summed E-state index contributed by atoms with van der Waals surface area (Å²) in [7, 11) is 1.93. The van der Waals surface area contributed by atoms with Gasteiger partial charge in [0.25, 0.3) is 0 Å². The molecule has 0 aromatic heterocycles. The van der Waals surface area contributed by atoms with Gasteiger partial charge in [-0.05, 0) is 25.4 Å². The summed E-state index contributed by atoms with van der Waals surface area (Å²) >= 11 is 0.